The van der Waals surface area contributed by atoms with E-state index in [0.717, 1.165) is 49.6 Å². The number of allylic oxidation sites excluding steroid dienone is 1. The summed E-state index contributed by atoms with van der Waals surface area (Å²) in [6.07, 6.45) is 2.52. The second-order valence-electron chi connectivity index (χ2n) is 9.20. The standard InChI is InChI=1S/C28H26F6O/c1-2-3-17-4-7-19(8-5-17)21-12-13-23-22(16-21)11-10-20(26(23)31)9-6-18-14-24(29)27(25(30)15-18)35-28(32,33)34/h2,10-17,19H,1,3-9H2. The Bertz CT molecular complexity index is 1190. The molecule has 3 aromatic carbocycles. The molecule has 186 valence electrons. The highest BCUT2D eigenvalue weighted by Crippen LogP contribution is 2.38. The van der Waals surface area contributed by atoms with Gasteiger partial charge in [0.05, 0.1) is 0 Å². The number of hydrogen-bond acceptors (Lipinski definition) is 1. The number of aryl methyl sites for hydroxylation is 2. The van der Waals surface area contributed by atoms with E-state index in [0.29, 0.717) is 22.8 Å². The van der Waals surface area contributed by atoms with Crippen LogP contribution in [0.25, 0.3) is 10.8 Å². The van der Waals surface area contributed by atoms with Crippen LogP contribution in [0.1, 0.15) is 54.7 Å². The molecule has 0 spiro atoms. The van der Waals surface area contributed by atoms with Gasteiger partial charge >= 0.3 is 6.36 Å². The molecule has 1 aliphatic rings. The van der Waals surface area contributed by atoms with Gasteiger partial charge in [0.15, 0.2) is 11.6 Å². The van der Waals surface area contributed by atoms with Crippen LogP contribution < -0.4 is 4.74 Å². The number of benzene rings is 3. The van der Waals surface area contributed by atoms with E-state index in [1.54, 1.807) is 12.1 Å². The van der Waals surface area contributed by atoms with Crippen molar-refractivity contribution in [2.75, 3.05) is 0 Å². The smallest absolute Gasteiger partial charge is 0.399 e. The van der Waals surface area contributed by atoms with Crippen molar-refractivity contribution >= 4 is 10.8 Å². The molecule has 0 bridgehead atoms. The maximum Gasteiger partial charge on any atom is 0.573 e. The third kappa shape index (κ3) is 6.00. The Morgan fingerprint density at radius 1 is 0.886 bits per heavy atom. The lowest BCUT2D eigenvalue weighted by atomic mass is 9.77. The van der Waals surface area contributed by atoms with Crippen molar-refractivity contribution in [1.29, 1.82) is 0 Å². The molecule has 0 unspecified atom stereocenters. The number of fused-ring (bicyclic) bond motifs is 1. The van der Waals surface area contributed by atoms with Gasteiger partial charge in [-0.05, 0) is 91.0 Å². The van der Waals surface area contributed by atoms with Crippen molar-refractivity contribution in [3.8, 4) is 5.75 Å². The SMILES string of the molecule is C=CCC1CCC(c2ccc3c(F)c(CCc4cc(F)c(OC(F)(F)F)c(F)c4)ccc3c2)CC1. The maximum atomic E-state index is 15.2. The van der Waals surface area contributed by atoms with Crippen LogP contribution in [-0.4, -0.2) is 6.36 Å². The molecule has 1 nitrogen and oxygen atoms in total. The van der Waals surface area contributed by atoms with Crippen molar-refractivity contribution < 1.29 is 31.1 Å². The summed E-state index contributed by atoms with van der Waals surface area (Å²) < 4.78 is 83.5. The van der Waals surface area contributed by atoms with Gasteiger partial charge in [0, 0.05) is 5.39 Å². The van der Waals surface area contributed by atoms with Crippen LogP contribution in [0.15, 0.2) is 55.1 Å². The monoisotopic (exact) mass is 492 g/mol. The van der Waals surface area contributed by atoms with E-state index < -0.39 is 29.6 Å². The molecule has 4 rings (SSSR count). The minimum absolute atomic E-state index is 0.0502. The van der Waals surface area contributed by atoms with Gasteiger partial charge in [0.2, 0.25) is 5.75 Å². The molecular weight excluding hydrogens is 466 g/mol. The van der Waals surface area contributed by atoms with Crippen molar-refractivity contribution in [2.45, 2.75) is 57.2 Å². The van der Waals surface area contributed by atoms with Gasteiger partial charge in [0.25, 0.3) is 0 Å². The van der Waals surface area contributed by atoms with Gasteiger partial charge in [-0.15, -0.1) is 19.8 Å². The molecule has 0 aliphatic heterocycles. The molecule has 0 amide bonds. The molecule has 0 radical (unpaired) electrons. The lowest BCUT2D eigenvalue weighted by Gasteiger charge is -2.28. The first-order valence-corrected chi connectivity index (χ1v) is 11.7. The lowest BCUT2D eigenvalue weighted by Crippen LogP contribution is -2.19. The van der Waals surface area contributed by atoms with Crippen LogP contribution >= 0.6 is 0 Å². The Balaban J connectivity index is 1.47. The van der Waals surface area contributed by atoms with Gasteiger partial charge in [-0.25, -0.2) is 13.2 Å². The predicted octanol–water partition coefficient (Wildman–Crippen LogP) is 8.79. The third-order valence-electron chi connectivity index (χ3n) is 6.84. The largest absolute Gasteiger partial charge is 0.573 e. The average Bonchev–Trinajstić information content (AvgIpc) is 2.81. The number of ether oxygens (including phenoxy) is 1. The minimum atomic E-state index is -5.21. The topological polar surface area (TPSA) is 9.23 Å². The average molecular weight is 493 g/mol. The van der Waals surface area contributed by atoms with Gasteiger partial charge in [-0.2, -0.15) is 0 Å². The van der Waals surface area contributed by atoms with Crippen LogP contribution in [0.5, 0.6) is 5.75 Å². The van der Waals surface area contributed by atoms with E-state index in [4.69, 9.17) is 0 Å². The summed E-state index contributed by atoms with van der Waals surface area (Å²) in [6, 6.07) is 10.8. The molecule has 1 aliphatic carbocycles. The summed E-state index contributed by atoms with van der Waals surface area (Å²) in [5.74, 6) is -3.66. The Kier molecular flexibility index (Phi) is 7.43. The van der Waals surface area contributed by atoms with E-state index >= 15 is 4.39 Å². The Hall–Kier alpha value is -2.96. The van der Waals surface area contributed by atoms with Crippen molar-refractivity contribution in [2.24, 2.45) is 5.92 Å². The summed E-state index contributed by atoms with van der Waals surface area (Å²) in [6.45, 7) is 3.82. The first kappa shape index (κ1) is 25.1. The Morgan fingerprint density at radius 3 is 2.20 bits per heavy atom. The zero-order chi connectivity index (χ0) is 25.2. The van der Waals surface area contributed by atoms with Crippen LogP contribution in [0.3, 0.4) is 0 Å². The van der Waals surface area contributed by atoms with Gasteiger partial charge in [-0.1, -0.05) is 36.4 Å². The minimum Gasteiger partial charge on any atom is -0.399 e. The summed E-state index contributed by atoms with van der Waals surface area (Å²) >= 11 is 0. The fourth-order valence-electron chi connectivity index (χ4n) is 5.02. The van der Waals surface area contributed by atoms with E-state index in [2.05, 4.69) is 11.3 Å². The highest BCUT2D eigenvalue weighted by Gasteiger charge is 2.34. The highest BCUT2D eigenvalue weighted by molar-refractivity contribution is 5.84. The van der Waals surface area contributed by atoms with Gasteiger partial charge in [-0.3, -0.25) is 0 Å². The summed E-state index contributed by atoms with van der Waals surface area (Å²) in [4.78, 5) is 0. The molecule has 0 heterocycles. The van der Waals surface area contributed by atoms with E-state index in [1.165, 1.54) is 5.56 Å². The second kappa shape index (κ2) is 10.3. The molecule has 7 heteroatoms. The van der Waals surface area contributed by atoms with E-state index in [-0.39, 0.29) is 18.4 Å². The van der Waals surface area contributed by atoms with E-state index in [9.17, 15) is 22.0 Å². The number of rotatable bonds is 7. The maximum absolute atomic E-state index is 15.2. The molecule has 0 aromatic heterocycles. The molecule has 3 aromatic rings. The van der Waals surface area contributed by atoms with E-state index in [1.807, 2.05) is 24.3 Å². The van der Waals surface area contributed by atoms with Crippen LogP contribution in [0.2, 0.25) is 0 Å². The van der Waals surface area contributed by atoms with Gasteiger partial charge < -0.3 is 4.74 Å². The first-order valence-electron chi connectivity index (χ1n) is 11.7. The van der Waals surface area contributed by atoms with Gasteiger partial charge in [0.1, 0.15) is 5.82 Å². The Labute approximate surface area is 200 Å². The van der Waals surface area contributed by atoms with Crippen LogP contribution in [0.4, 0.5) is 26.3 Å². The number of hydrogen-bond donors (Lipinski definition) is 0. The number of halogens is 6. The Morgan fingerprint density at radius 2 is 1.57 bits per heavy atom. The second-order valence-corrected chi connectivity index (χ2v) is 9.20. The zero-order valence-corrected chi connectivity index (χ0v) is 19.1. The lowest BCUT2D eigenvalue weighted by molar-refractivity contribution is -0.276. The predicted molar refractivity (Wildman–Crippen MR) is 124 cm³/mol. The molecule has 1 saturated carbocycles. The normalized spacial score (nSPS) is 18.6. The van der Waals surface area contributed by atoms with Crippen molar-refractivity contribution in [3.63, 3.8) is 0 Å². The zero-order valence-electron chi connectivity index (χ0n) is 19.1. The third-order valence-corrected chi connectivity index (χ3v) is 6.84. The van der Waals surface area contributed by atoms with Crippen LogP contribution in [-0.2, 0) is 12.8 Å². The molecule has 0 atom stereocenters. The molecule has 0 saturated heterocycles. The molecule has 0 N–H and O–H groups in total. The quantitative estimate of drug-likeness (QED) is 0.237. The molecule has 35 heavy (non-hydrogen) atoms. The van der Waals surface area contributed by atoms with Crippen molar-refractivity contribution in [1.82, 2.24) is 0 Å². The first-order chi connectivity index (χ1) is 16.6. The summed E-state index contributed by atoms with van der Waals surface area (Å²) in [5.41, 5.74) is 1.68. The fourth-order valence-corrected chi connectivity index (χ4v) is 5.02. The summed E-state index contributed by atoms with van der Waals surface area (Å²) in [5, 5.41) is 1.26. The molecular formula is C28H26F6O. The number of alkyl halides is 3. The van der Waals surface area contributed by atoms with Crippen molar-refractivity contribution in [3.05, 3.63) is 89.3 Å². The molecule has 1 fully saturated rings. The fraction of sp³-hybridized carbons (Fsp3) is 0.357. The highest BCUT2D eigenvalue weighted by atomic mass is 19.4. The summed E-state index contributed by atoms with van der Waals surface area (Å²) in [7, 11) is 0. The van der Waals surface area contributed by atoms with Crippen LogP contribution in [0, 0.1) is 23.4 Å².